The van der Waals surface area contributed by atoms with Gasteiger partial charge in [0, 0.05) is 6.20 Å². The minimum absolute atomic E-state index is 0.120. The molecule has 0 bridgehead atoms. The van der Waals surface area contributed by atoms with E-state index in [2.05, 4.69) is 4.98 Å². The van der Waals surface area contributed by atoms with Crippen molar-refractivity contribution in [3.63, 3.8) is 0 Å². The van der Waals surface area contributed by atoms with Crippen molar-refractivity contribution in [3.05, 3.63) is 46.9 Å². The zero-order valence-electron chi connectivity index (χ0n) is 11.5. The summed E-state index contributed by atoms with van der Waals surface area (Å²) in [6, 6.07) is 9.30. The van der Waals surface area contributed by atoms with Crippen molar-refractivity contribution in [1.82, 2.24) is 9.55 Å². The van der Waals surface area contributed by atoms with Crippen LogP contribution in [0.3, 0.4) is 0 Å². The number of aliphatic hydroxyl groups is 2. The summed E-state index contributed by atoms with van der Waals surface area (Å²) in [6.45, 7) is -0.300. The van der Waals surface area contributed by atoms with E-state index in [-0.39, 0.29) is 12.6 Å². The molecule has 0 radical (unpaired) electrons. The molecular formula is C15H14N2O5. The number of benzene rings is 1. The topological polar surface area (TPSA) is 93.8 Å². The first-order valence-electron chi connectivity index (χ1n) is 6.98. The standard InChI is InChI=1S/C15H14N2O5/c18-7-10-11(19)12-14(21-10)17-6-9(8-4-2-1-3-5-8)13(20)16-15(17)22-12/h1-6,10-12,14,18-19H,7H2/t10?,11-,12+,14+/m0/s1. The van der Waals surface area contributed by atoms with Crippen LogP contribution in [0.5, 0.6) is 6.01 Å². The lowest BCUT2D eigenvalue weighted by Gasteiger charge is -2.14. The summed E-state index contributed by atoms with van der Waals surface area (Å²) < 4.78 is 12.7. The zero-order chi connectivity index (χ0) is 15.3. The maximum Gasteiger partial charge on any atom is 0.302 e. The molecule has 0 amide bonds. The van der Waals surface area contributed by atoms with Crippen LogP contribution in [0, 0.1) is 0 Å². The van der Waals surface area contributed by atoms with Gasteiger partial charge in [0.25, 0.3) is 5.56 Å². The molecule has 7 nitrogen and oxygen atoms in total. The van der Waals surface area contributed by atoms with Crippen LogP contribution in [0.15, 0.2) is 41.3 Å². The fraction of sp³-hybridized carbons (Fsp3) is 0.333. The molecule has 2 N–H and O–H groups in total. The Morgan fingerprint density at radius 2 is 2.05 bits per heavy atom. The molecule has 2 aliphatic heterocycles. The van der Waals surface area contributed by atoms with Gasteiger partial charge in [-0.3, -0.25) is 9.36 Å². The Bertz CT molecular complexity index is 760. The number of aliphatic hydroxyl groups excluding tert-OH is 2. The van der Waals surface area contributed by atoms with Crippen molar-refractivity contribution in [3.8, 4) is 17.1 Å². The Morgan fingerprint density at radius 1 is 1.27 bits per heavy atom. The molecule has 0 saturated carbocycles. The Kier molecular flexibility index (Phi) is 3.00. The number of ether oxygens (including phenoxy) is 2. The lowest BCUT2D eigenvalue weighted by Crippen LogP contribution is -2.34. The van der Waals surface area contributed by atoms with Crippen molar-refractivity contribution in [1.29, 1.82) is 0 Å². The fourth-order valence-corrected chi connectivity index (χ4v) is 2.88. The third kappa shape index (κ3) is 1.87. The molecule has 0 spiro atoms. The second-order valence-corrected chi connectivity index (χ2v) is 5.34. The number of aromatic nitrogens is 2. The van der Waals surface area contributed by atoms with Gasteiger partial charge in [-0.2, -0.15) is 4.98 Å². The summed E-state index contributed by atoms with van der Waals surface area (Å²) in [4.78, 5) is 16.1. The smallest absolute Gasteiger partial charge is 0.302 e. The predicted octanol–water partition coefficient (Wildman–Crippen LogP) is -0.0781. The average Bonchev–Trinajstić information content (AvgIpc) is 3.03. The number of fused-ring (bicyclic) bond motifs is 3. The van der Waals surface area contributed by atoms with Gasteiger partial charge in [0.1, 0.15) is 12.2 Å². The number of hydrogen-bond donors (Lipinski definition) is 2. The molecule has 3 heterocycles. The minimum Gasteiger partial charge on any atom is -0.453 e. The summed E-state index contributed by atoms with van der Waals surface area (Å²) in [5.74, 6) is 0. The van der Waals surface area contributed by atoms with Crippen LogP contribution in [-0.2, 0) is 4.74 Å². The Balaban J connectivity index is 1.79. The predicted molar refractivity (Wildman–Crippen MR) is 75.4 cm³/mol. The van der Waals surface area contributed by atoms with Gasteiger partial charge < -0.3 is 19.7 Å². The fourth-order valence-electron chi connectivity index (χ4n) is 2.88. The molecule has 7 heteroatoms. The Morgan fingerprint density at radius 3 is 2.77 bits per heavy atom. The number of nitrogens with zero attached hydrogens (tertiary/aromatic N) is 2. The van der Waals surface area contributed by atoms with Gasteiger partial charge in [-0.05, 0) is 5.56 Å². The first kappa shape index (κ1) is 13.4. The third-order valence-electron chi connectivity index (χ3n) is 4.01. The van der Waals surface area contributed by atoms with Crippen molar-refractivity contribution in [2.75, 3.05) is 6.61 Å². The highest BCUT2D eigenvalue weighted by molar-refractivity contribution is 5.61. The van der Waals surface area contributed by atoms with Gasteiger partial charge in [0.15, 0.2) is 12.3 Å². The second kappa shape index (κ2) is 4.91. The van der Waals surface area contributed by atoms with Crippen LogP contribution in [0.2, 0.25) is 0 Å². The zero-order valence-corrected chi connectivity index (χ0v) is 11.5. The van der Waals surface area contributed by atoms with Crippen LogP contribution in [0.1, 0.15) is 6.23 Å². The average molecular weight is 302 g/mol. The van der Waals surface area contributed by atoms with Crippen LogP contribution in [0.4, 0.5) is 0 Å². The summed E-state index contributed by atoms with van der Waals surface area (Å²) in [7, 11) is 0. The molecule has 22 heavy (non-hydrogen) atoms. The van der Waals surface area contributed by atoms with E-state index in [1.165, 1.54) is 0 Å². The van der Waals surface area contributed by atoms with E-state index in [4.69, 9.17) is 9.47 Å². The van der Waals surface area contributed by atoms with Crippen LogP contribution < -0.4 is 10.3 Å². The molecule has 2 aromatic rings. The van der Waals surface area contributed by atoms with Crippen LogP contribution in [0.25, 0.3) is 11.1 Å². The maximum atomic E-state index is 12.2. The quantitative estimate of drug-likeness (QED) is 0.806. The number of hydrogen-bond acceptors (Lipinski definition) is 6. The highest BCUT2D eigenvalue weighted by atomic mass is 16.6. The molecule has 4 atom stereocenters. The monoisotopic (exact) mass is 302 g/mol. The van der Waals surface area contributed by atoms with E-state index in [9.17, 15) is 15.0 Å². The Labute approximate surface area is 125 Å². The van der Waals surface area contributed by atoms with Gasteiger partial charge >= 0.3 is 6.01 Å². The van der Waals surface area contributed by atoms with E-state index in [1.807, 2.05) is 30.3 Å². The molecule has 0 aliphatic carbocycles. The van der Waals surface area contributed by atoms with Gasteiger partial charge in [0.05, 0.1) is 12.2 Å². The molecular weight excluding hydrogens is 288 g/mol. The number of rotatable bonds is 2. The molecule has 2 aliphatic rings. The van der Waals surface area contributed by atoms with E-state index < -0.39 is 30.1 Å². The first-order chi connectivity index (χ1) is 10.7. The summed E-state index contributed by atoms with van der Waals surface area (Å²) in [5, 5.41) is 19.3. The van der Waals surface area contributed by atoms with Crippen molar-refractivity contribution < 1.29 is 19.7 Å². The van der Waals surface area contributed by atoms with Gasteiger partial charge in [0.2, 0.25) is 0 Å². The van der Waals surface area contributed by atoms with E-state index in [0.717, 1.165) is 5.56 Å². The van der Waals surface area contributed by atoms with Crippen LogP contribution in [-0.4, -0.2) is 44.7 Å². The molecule has 1 unspecified atom stereocenters. The minimum atomic E-state index is -0.966. The van der Waals surface area contributed by atoms with Gasteiger partial charge in [-0.25, -0.2) is 0 Å². The second-order valence-electron chi connectivity index (χ2n) is 5.34. The Hall–Kier alpha value is -2.22. The first-order valence-corrected chi connectivity index (χ1v) is 6.98. The van der Waals surface area contributed by atoms with Crippen molar-refractivity contribution >= 4 is 0 Å². The van der Waals surface area contributed by atoms with Crippen molar-refractivity contribution in [2.24, 2.45) is 0 Å². The van der Waals surface area contributed by atoms with E-state index in [1.54, 1.807) is 10.8 Å². The van der Waals surface area contributed by atoms with Gasteiger partial charge in [-0.15, -0.1) is 0 Å². The SMILES string of the molecule is O=c1nc2n(cc1-c1ccccc1)[C@@H]1OC(CO)[C@H](O)[C@H]1O2. The highest BCUT2D eigenvalue weighted by Crippen LogP contribution is 2.39. The maximum absolute atomic E-state index is 12.2. The lowest BCUT2D eigenvalue weighted by atomic mass is 10.1. The molecule has 4 rings (SSSR count). The highest BCUT2D eigenvalue weighted by Gasteiger charge is 2.51. The van der Waals surface area contributed by atoms with Gasteiger partial charge in [-0.1, -0.05) is 30.3 Å². The summed E-state index contributed by atoms with van der Waals surface area (Å²) in [5.41, 5.74) is 0.778. The largest absolute Gasteiger partial charge is 0.453 e. The summed E-state index contributed by atoms with van der Waals surface area (Å²) >= 11 is 0. The molecule has 1 aromatic heterocycles. The molecule has 114 valence electrons. The molecule has 1 fully saturated rings. The molecule has 1 saturated heterocycles. The van der Waals surface area contributed by atoms with Crippen molar-refractivity contribution in [2.45, 2.75) is 24.5 Å². The summed E-state index contributed by atoms with van der Waals surface area (Å²) in [6.07, 6.45) is -1.32. The van der Waals surface area contributed by atoms with E-state index in [0.29, 0.717) is 5.56 Å². The molecule has 1 aromatic carbocycles. The normalized spacial score (nSPS) is 29.0. The third-order valence-corrected chi connectivity index (χ3v) is 4.01. The van der Waals surface area contributed by atoms with E-state index >= 15 is 0 Å². The lowest BCUT2D eigenvalue weighted by molar-refractivity contribution is -0.0434. The van der Waals surface area contributed by atoms with Crippen LogP contribution >= 0.6 is 0 Å².